The quantitative estimate of drug-likeness (QED) is 0.498. The molecule has 0 bridgehead atoms. The van der Waals surface area contributed by atoms with E-state index in [2.05, 4.69) is 17.1 Å². The van der Waals surface area contributed by atoms with Crippen molar-refractivity contribution in [1.29, 1.82) is 0 Å². The van der Waals surface area contributed by atoms with Crippen LogP contribution in [0.4, 0.5) is 0 Å². The molecule has 0 spiro atoms. The molecule has 28 heavy (non-hydrogen) atoms. The van der Waals surface area contributed by atoms with Crippen LogP contribution < -0.4 is 0 Å². The van der Waals surface area contributed by atoms with Crippen molar-refractivity contribution in [2.45, 2.75) is 32.0 Å². The van der Waals surface area contributed by atoms with Crippen LogP contribution in [0.2, 0.25) is 5.02 Å². The highest BCUT2D eigenvalue weighted by atomic mass is 35.5. The van der Waals surface area contributed by atoms with Crippen LogP contribution >= 0.6 is 23.4 Å². The Hall–Kier alpha value is -2.31. The molecule has 3 rings (SSSR count). The molecular formula is C21H23ClN4OS. The number of hydrogen-bond donors (Lipinski definition) is 0. The van der Waals surface area contributed by atoms with Crippen LogP contribution in [-0.2, 0) is 11.3 Å². The fraction of sp³-hybridized carbons (Fsp3) is 0.286. The minimum Gasteiger partial charge on any atom is -0.338 e. The van der Waals surface area contributed by atoms with Crippen molar-refractivity contribution < 1.29 is 4.79 Å². The number of carbonyl (C=O) groups is 1. The Balaban J connectivity index is 1.68. The summed E-state index contributed by atoms with van der Waals surface area (Å²) in [7, 11) is 0. The average Bonchev–Trinajstić information content (AvgIpc) is 3.17. The number of carbonyl (C=O) groups excluding carboxylic acids is 1. The lowest BCUT2D eigenvalue weighted by molar-refractivity contribution is -0.129. The number of amides is 1. The monoisotopic (exact) mass is 414 g/mol. The van der Waals surface area contributed by atoms with Crippen LogP contribution in [0.3, 0.4) is 0 Å². The smallest absolute Gasteiger partial charge is 0.233 e. The van der Waals surface area contributed by atoms with E-state index < -0.39 is 0 Å². The van der Waals surface area contributed by atoms with E-state index in [4.69, 9.17) is 11.6 Å². The second-order valence-corrected chi connectivity index (χ2v) is 7.86. The van der Waals surface area contributed by atoms with E-state index in [1.54, 1.807) is 6.33 Å². The Morgan fingerprint density at radius 3 is 2.71 bits per heavy atom. The maximum atomic E-state index is 12.8. The van der Waals surface area contributed by atoms with Crippen molar-refractivity contribution >= 4 is 29.3 Å². The third-order valence-corrected chi connectivity index (χ3v) is 5.67. The number of rotatable bonds is 8. The fourth-order valence-corrected chi connectivity index (χ4v) is 3.82. The van der Waals surface area contributed by atoms with Crippen molar-refractivity contribution in [1.82, 2.24) is 19.7 Å². The molecule has 146 valence electrons. The third kappa shape index (κ3) is 5.14. The maximum absolute atomic E-state index is 12.8. The summed E-state index contributed by atoms with van der Waals surface area (Å²) in [5.74, 6) is 0.401. The lowest BCUT2D eigenvalue weighted by Gasteiger charge is -2.22. The van der Waals surface area contributed by atoms with Crippen LogP contribution in [0.15, 0.2) is 60.0 Å². The number of hydrogen-bond acceptors (Lipinski definition) is 4. The van der Waals surface area contributed by atoms with Crippen molar-refractivity contribution in [3.8, 4) is 5.69 Å². The van der Waals surface area contributed by atoms with Gasteiger partial charge in [0.2, 0.25) is 5.91 Å². The zero-order valence-electron chi connectivity index (χ0n) is 16.0. The van der Waals surface area contributed by atoms with Crippen LogP contribution in [0, 0.1) is 6.92 Å². The lowest BCUT2D eigenvalue weighted by atomic mass is 10.2. The molecule has 0 saturated carbocycles. The lowest BCUT2D eigenvalue weighted by Crippen LogP contribution is -2.32. The molecule has 0 saturated heterocycles. The Labute approximate surface area is 174 Å². The van der Waals surface area contributed by atoms with Crippen LogP contribution in [0.1, 0.15) is 24.5 Å². The van der Waals surface area contributed by atoms with Gasteiger partial charge in [-0.2, -0.15) is 0 Å². The highest BCUT2D eigenvalue weighted by molar-refractivity contribution is 7.99. The van der Waals surface area contributed by atoms with Gasteiger partial charge in [0.25, 0.3) is 0 Å². The van der Waals surface area contributed by atoms with Gasteiger partial charge < -0.3 is 4.90 Å². The Kier molecular flexibility index (Phi) is 7.12. The molecule has 0 aliphatic rings. The van der Waals surface area contributed by atoms with Crippen molar-refractivity contribution in [3.05, 3.63) is 71.0 Å². The van der Waals surface area contributed by atoms with E-state index in [1.165, 1.54) is 11.8 Å². The van der Waals surface area contributed by atoms with E-state index in [1.807, 2.05) is 64.9 Å². The normalized spacial score (nSPS) is 10.8. The van der Waals surface area contributed by atoms with E-state index >= 15 is 0 Å². The van der Waals surface area contributed by atoms with Crippen LogP contribution in [-0.4, -0.2) is 37.9 Å². The summed E-state index contributed by atoms with van der Waals surface area (Å²) in [5, 5.41) is 9.53. The largest absolute Gasteiger partial charge is 0.338 e. The number of aryl methyl sites for hydroxylation is 1. The van der Waals surface area contributed by atoms with Gasteiger partial charge in [-0.1, -0.05) is 66.7 Å². The van der Waals surface area contributed by atoms with E-state index in [0.717, 1.165) is 29.8 Å². The molecule has 0 radical (unpaired) electrons. The number of benzene rings is 2. The van der Waals surface area contributed by atoms with Crippen molar-refractivity contribution in [2.75, 3.05) is 12.3 Å². The van der Waals surface area contributed by atoms with E-state index in [0.29, 0.717) is 22.5 Å². The summed E-state index contributed by atoms with van der Waals surface area (Å²) >= 11 is 7.63. The van der Waals surface area contributed by atoms with Gasteiger partial charge in [-0.05, 0) is 36.6 Å². The molecule has 0 aliphatic heterocycles. The standard InChI is InChI=1S/C21H23ClN4OS/c1-3-11-25(13-17-7-5-4-6-8-17)20(27)14-28-21-24-23-15-26(21)18-10-9-16(2)19(22)12-18/h4-10,12,15H,3,11,13-14H2,1-2H3. The fourth-order valence-electron chi connectivity index (χ4n) is 2.81. The summed E-state index contributed by atoms with van der Waals surface area (Å²) in [5.41, 5.74) is 3.02. The van der Waals surface area contributed by atoms with Crippen LogP contribution in [0.25, 0.3) is 5.69 Å². The van der Waals surface area contributed by atoms with Gasteiger partial charge in [0.15, 0.2) is 5.16 Å². The zero-order valence-corrected chi connectivity index (χ0v) is 17.6. The Morgan fingerprint density at radius 2 is 2.00 bits per heavy atom. The third-order valence-electron chi connectivity index (χ3n) is 4.34. The van der Waals surface area contributed by atoms with Gasteiger partial charge in [-0.25, -0.2) is 0 Å². The van der Waals surface area contributed by atoms with Gasteiger partial charge in [0, 0.05) is 18.1 Å². The highest BCUT2D eigenvalue weighted by Gasteiger charge is 2.16. The predicted molar refractivity (Wildman–Crippen MR) is 114 cm³/mol. The zero-order chi connectivity index (χ0) is 19.9. The van der Waals surface area contributed by atoms with E-state index in [-0.39, 0.29) is 5.91 Å². The molecule has 1 aromatic heterocycles. The van der Waals surface area contributed by atoms with Crippen molar-refractivity contribution in [3.63, 3.8) is 0 Å². The second-order valence-electron chi connectivity index (χ2n) is 6.51. The molecule has 0 fully saturated rings. The minimum atomic E-state index is 0.0900. The molecule has 7 heteroatoms. The Morgan fingerprint density at radius 1 is 1.21 bits per heavy atom. The summed E-state index contributed by atoms with van der Waals surface area (Å²) in [6.07, 6.45) is 2.56. The van der Waals surface area contributed by atoms with Gasteiger partial charge in [-0.15, -0.1) is 10.2 Å². The minimum absolute atomic E-state index is 0.0900. The molecule has 0 N–H and O–H groups in total. The molecule has 0 aliphatic carbocycles. The van der Waals surface area contributed by atoms with Crippen molar-refractivity contribution in [2.24, 2.45) is 0 Å². The first-order valence-electron chi connectivity index (χ1n) is 9.19. The first-order valence-corrected chi connectivity index (χ1v) is 10.6. The van der Waals surface area contributed by atoms with Gasteiger partial charge in [0.05, 0.1) is 11.4 Å². The first kappa shape index (κ1) is 20.4. The second kappa shape index (κ2) is 9.75. The SMILES string of the molecule is CCCN(Cc1ccccc1)C(=O)CSc1nncn1-c1ccc(C)c(Cl)c1. The molecule has 0 atom stereocenters. The molecule has 1 amide bonds. The number of thioether (sulfide) groups is 1. The molecule has 2 aromatic carbocycles. The number of nitrogens with zero attached hydrogens (tertiary/aromatic N) is 4. The Bertz CT molecular complexity index is 929. The topological polar surface area (TPSA) is 51.0 Å². The van der Waals surface area contributed by atoms with Gasteiger partial charge >= 0.3 is 0 Å². The summed E-state index contributed by atoms with van der Waals surface area (Å²) in [6, 6.07) is 15.9. The highest BCUT2D eigenvalue weighted by Crippen LogP contribution is 2.24. The average molecular weight is 415 g/mol. The molecule has 0 unspecified atom stereocenters. The van der Waals surface area contributed by atoms with E-state index in [9.17, 15) is 4.79 Å². The predicted octanol–water partition coefficient (Wildman–Crippen LogP) is 4.76. The maximum Gasteiger partial charge on any atom is 0.233 e. The summed E-state index contributed by atoms with van der Waals surface area (Å²) in [4.78, 5) is 14.7. The summed E-state index contributed by atoms with van der Waals surface area (Å²) < 4.78 is 1.85. The number of aromatic nitrogens is 3. The molecule has 1 heterocycles. The number of halogens is 1. The molecule has 3 aromatic rings. The molecular weight excluding hydrogens is 392 g/mol. The first-order chi connectivity index (χ1) is 13.6. The van der Waals surface area contributed by atoms with Gasteiger partial charge in [0.1, 0.15) is 6.33 Å². The molecule has 5 nitrogen and oxygen atoms in total. The van der Waals surface area contributed by atoms with Gasteiger partial charge in [-0.3, -0.25) is 9.36 Å². The van der Waals surface area contributed by atoms with Crippen LogP contribution in [0.5, 0.6) is 0 Å². The summed E-state index contributed by atoms with van der Waals surface area (Å²) in [6.45, 7) is 5.39.